The molecule has 1 aromatic carbocycles. The Labute approximate surface area is 132 Å². The van der Waals surface area contributed by atoms with E-state index in [4.69, 9.17) is 0 Å². The lowest BCUT2D eigenvalue weighted by atomic mass is 9.98. The number of para-hydroxylation sites is 1. The second kappa shape index (κ2) is 5.48. The van der Waals surface area contributed by atoms with Crippen LogP contribution in [-0.2, 0) is 11.8 Å². The van der Waals surface area contributed by atoms with E-state index in [2.05, 4.69) is 36.8 Å². The Hall–Kier alpha value is -1.30. The standard InChI is InChI=1S/C16H18N2OS2/c1-16(2,3)15-18-11(9-20-15)12(19)8-14-17-10-6-4-5-7-13(10)21-14/h4-7,9,12,19H,8H2,1-3H3. The van der Waals surface area contributed by atoms with Gasteiger partial charge < -0.3 is 5.11 Å². The van der Waals surface area contributed by atoms with Crippen LogP contribution in [0.1, 0.15) is 42.6 Å². The zero-order valence-electron chi connectivity index (χ0n) is 12.3. The molecule has 5 heteroatoms. The molecule has 0 aliphatic rings. The van der Waals surface area contributed by atoms with Crippen LogP contribution < -0.4 is 0 Å². The van der Waals surface area contributed by atoms with E-state index >= 15 is 0 Å². The SMILES string of the molecule is CC(C)(C)c1nc(C(O)Cc2nc3ccccc3s2)cs1. The number of fused-ring (bicyclic) bond motifs is 1. The third-order valence-electron chi connectivity index (χ3n) is 3.21. The van der Waals surface area contributed by atoms with Crippen molar-refractivity contribution in [3.8, 4) is 0 Å². The molecule has 1 atom stereocenters. The zero-order chi connectivity index (χ0) is 15.0. The van der Waals surface area contributed by atoms with Crippen molar-refractivity contribution in [3.63, 3.8) is 0 Å². The summed E-state index contributed by atoms with van der Waals surface area (Å²) in [6.45, 7) is 6.40. The van der Waals surface area contributed by atoms with E-state index in [0.29, 0.717) is 6.42 Å². The van der Waals surface area contributed by atoms with E-state index in [1.54, 1.807) is 22.7 Å². The number of aromatic nitrogens is 2. The predicted octanol–water partition coefficient (Wildman–Crippen LogP) is 4.33. The van der Waals surface area contributed by atoms with Crippen LogP contribution in [-0.4, -0.2) is 15.1 Å². The van der Waals surface area contributed by atoms with Crippen LogP contribution in [0, 0.1) is 0 Å². The fraction of sp³-hybridized carbons (Fsp3) is 0.375. The number of hydrogen-bond donors (Lipinski definition) is 1. The second-order valence-corrected chi connectivity index (χ2v) is 8.10. The number of aliphatic hydroxyl groups excluding tert-OH is 1. The first-order valence-corrected chi connectivity index (χ1v) is 8.61. The van der Waals surface area contributed by atoms with E-state index in [1.807, 2.05) is 23.6 Å². The van der Waals surface area contributed by atoms with Crippen molar-refractivity contribution < 1.29 is 5.11 Å². The molecular weight excluding hydrogens is 300 g/mol. The third kappa shape index (κ3) is 3.15. The normalized spacial score (nSPS) is 13.7. The van der Waals surface area contributed by atoms with Gasteiger partial charge in [-0.2, -0.15) is 0 Å². The molecule has 0 saturated heterocycles. The summed E-state index contributed by atoms with van der Waals surface area (Å²) in [7, 11) is 0. The van der Waals surface area contributed by atoms with Gasteiger partial charge in [-0.15, -0.1) is 22.7 Å². The molecule has 0 amide bonds. The molecule has 1 unspecified atom stereocenters. The molecule has 1 N–H and O–H groups in total. The van der Waals surface area contributed by atoms with Gasteiger partial charge in [-0.3, -0.25) is 0 Å². The quantitative estimate of drug-likeness (QED) is 0.782. The first-order chi connectivity index (χ1) is 9.93. The Bertz CT molecular complexity index is 722. The van der Waals surface area contributed by atoms with Crippen LogP contribution >= 0.6 is 22.7 Å². The third-order valence-corrected chi connectivity index (χ3v) is 5.56. The average molecular weight is 318 g/mol. The summed E-state index contributed by atoms with van der Waals surface area (Å²) in [6.07, 6.45) is -0.0648. The highest BCUT2D eigenvalue weighted by molar-refractivity contribution is 7.18. The Kier molecular flexibility index (Phi) is 3.82. The van der Waals surface area contributed by atoms with Gasteiger partial charge in [-0.05, 0) is 12.1 Å². The first-order valence-electron chi connectivity index (χ1n) is 6.92. The molecular formula is C16H18N2OS2. The van der Waals surface area contributed by atoms with Gasteiger partial charge in [-0.25, -0.2) is 9.97 Å². The Morgan fingerprint density at radius 3 is 2.62 bits per heavy atom. The van der Waals surface area contributed by atoms with Crippen molar-refractivity contribution in [3.05, 3.63) is 45.4 Å². The molecule has 3 aromatic rings. The topological polar surface area (TPSA) is 46.0 Å². The van der Waals surface area contributed by atoms with E-state index in [0.717, 1.165) is 25.9 Å². The van der Waals surface area contributed by atoms with Gasteiger partial charge in [0.1, 0.15) is 6.10 Å². The minimum absolute atomic E-state index is 0.0263. The molecule has 3 rings (SSSR count). The predicted molar refractivity (Wildman–Crippen MR) is 89.1 cm³/mol. The van der Waals surface area contributed by atoms with Crippen LogP contribution in [0.4, 0.5) is 0 Å². The van der Waals surface area contributed by atoms with Crippen LogP contribution in [0.15, 0.2) is 29.6 Å². The number of aliphatic hydroxyl groups is 1. The van der Waals surface area contributed by atoms with E-state index in [-0.39, 0.29) is 5.41 Å². The van der Waals surface area contributed by atoms with Crippen LogP contribution in [0.25, 0.3) is 10.2 Å². The summed E-state index contributed by atoms with van der Waals surface area (Å²) in [5, 5.41) is 14.4. The fourth-order valence-electron chi connectivity index (χ4n) is 2.06. The van der Waals surface area contributed by atoms with Crippen LogP contribution in [0.5, 0.6) is 0 Å². The lowest BCUT2D eigenvalue weighted by Gasteiger charge is -2.14. The van der Waals surface area contributed by atoms with Gasteiger partial charge in [-0.1, -0.05) is 32.9 Å². The van der Waals surface area contributed by atoms with Gasteiger partial charge in [0.25, 0.3) is 0 Å². The van der Waals surface area contributed by atoms with Crippen LogP contribution in [0.3, 0.4) is 0 Å². The lowest BCUT2D eigenvalue weighted by Crippen LogP contribution is -2.11. The molecule has 0 saturated carbocycles. The van der Waals surface area contributed by atoms with E-state index in [9.17, 15) is 5.11 Å². The molecule has 0 fully saturated rings. The first kappa shape index (κ1) is 14.6. The van der Waals surface area contributed by atoms with Crippen LogP contribution in [0.2, 0.25) is 0 Å². The molecule has 0 aliphatic heterocycles. The minimum atomic E-state index is -0.585. The molecule has 0 aliphatic carbocycles. The fourth-order valence-corrected chi connectivity index (χ4v) is 4.02. The molecule has 2 aromatic heterocycles. The zero-order valence-corrected chi connectivity index (χ0v) is 14.0. The Morgan fingerprint density at radius 1 is 1.19 bits per heavy atom. The van der Waals surface area contributed by atoms with Gasteiger partial charge in [0, 0.05) is 17.2 Å². The summed E-state index contributed by atoms with van der Waals surface area (Å²) < 4.78 is 1.16. The molecule has 110 valence electrons. The molecule has 3 nitrogen and oxygen atoms in total. The summed E-state index contributed by atoms with van der Waals surface area (Å²) >= 11 is 3.25. The number of thiazole rings is 2. The van der Waals surface area contributed by atoms with Gasteiger partial charge >= 0.3 is 0 Å². The van der Waals surface area contributed by atoms with Crippen molar-refractivity contribution in [1.29, 1.82) is 0 Å². The van der Waals surface area contributed by atoms with Gasteiger partial charge in [0.05, 0.1) is 25.9 Å². The van der Waals surface area contributed by atoms with Crippen molar-refractivity contribution in [1.82, 2.24) is 9.97 Å². The molecule has 0 spiro atoms. The van der Waals surface area contributed by atoms with E-state index in [1.165, 1.54) is 0 Å². The smallest absolute Gasteiger partial charge is 0.103 e. The summed E-state index contributed by atoms with van der Waals surface area (Å²) in [6, 6.07) is 8.06. The van der Waals surface area contributed by atoms with Crippen molar-refractivity contribution in [2.45, 2.75) is 38.7 Å². The number of benzene rings is 1. The van der Waals surface area contributed by atoms with Crippen molar-refractivity contribution in [2.24, 2.45) is 0 Å². The maximum atomic E-state index is 10.4. The number of hydrogen-bond acceptors (Lipinski definition) is 5. The minimum Gasteiger partial charge on any atom is -0.386 e. The largest absolute Gasteiger partial charge is 0.386 e. The molecule has 0 radical (unpaired) electrons. The van der Waals surface area contributed by atoms with Gasteiger partial charge in [0.15, 0.2) is 0 Å². The lowest BCUT2D eigenvalue weighted by molar-refractivity contribution is 0.174. The monoisotopic (exact) mass is 318 g/mol. The van der Waals surface area contributed by atoms with Crippen molar-refractivity contribution in [2.75, 3.05) is 0 Å². The summed E-state index contributed by atoms with van der Waals surface area (Å²) in [5.41, 5.74) is 1.78. The summed E-state index contributed by atoms with van der Waals surface area (Å²) in [4.78, 5) is 9.14. The van der Waals surface area contributed by atoms with Crippen molar-refractivity contribution >= 4 is 32.9 Å². The Balaban J connectivity index is 1.79. The highest BCUT2D eigenvalue weighted by atomic mass is 32.1. The Morgan fingerprint density at radius 2 is 1.95 bits per heavy atom. The molecule has 0 bridgehead atoms. The number of rotatable bonds is 3. The van der Waals surface area contributed by atoms with Gasteiger partial charge in [0.2, 0.25) is 0 Å². The maximum absolute atomic E-state index is 10.4. The molecule has 2 heterocycles. The second-order valence-electron chi connectivity index (χ2n) is 6.12. The highest BCUT2D eigenvalue weighted by Crippen LogP contribution is 2.30. The molecule has 21 heavy (non-hydrogen) atoms. The van der Waals surface area contributed by atoms with E-state index < -0.39 is 6.10 Å². The maximum Gasteiger partial charge on any atom is 0.103 e. The summed E-state index contributed by atoms with van der Waals surface area (Å²) in [5.74, 6) is 0. The number of nitrogens with zero attached hydrogens (tertiary/aromatic N) is 2. The highest BCUT2D eigenvalue weighted by Gasteiger charge is 2.21. The average Bonchev–Trinajstić information content (AvgIpc) is 3.04.